The van der Waals surface area contributed by atoms with Gasteiger partial charge in [0.1, 0.15) is 5.75 Å². The Balaban J connectivity index is 2.44. The van der Waals surface area contributed by atoms with Gasteiger partial charge >= 0.3 is 5.97 Å². The number of carboxylic acid groups (broad SMARTS) is 1. The molecule has 88 valence electrons. The summed E-state index contributed by atoms with van der Waals surface area (Å²) in [6.45, 7) is 0.669. The first-order valence-electron chi connectivity index (χ1n) is 5.22. The average molecular weight is 287 g/mol. The number of halogens is 1. The molecule has 1 aromatic carbocycles. The maximum Gasteiger partial charge on any atom is 0.307 e. The fourth-order valence-corrected chi connectivity index (χ4v) is 1.70. The second kappa shape index (κ2) is 7.28. The highest BCUT2D eigenvalue weighted by molar-refractivity contribution is 9.09. The van der Waals surface area contributed by atoms with E-state index in [0.717, 1.165) is 29.5 Å². The Hall–Kier alpha value is -1.03. The van der Waals surface area contributed by atoms with Gasteiger partial charge in [0, 0.05) is 5.33 Å². The molecule has 0 fully saturated rings. The SMILES string of the molecule is O=C(O)Cc1cccc(OCCCCBr)c1. The summed E-state index contributed by atoms with van der Waals surface area (Å²) in [4.78, 5) is 10.5. The van der Waals surface area contributed by atoms with Crippen molar-refractivity contribution in [3.05, 3.63) is 29.8 Å². The van der Waals surface area contributed by atoms with Gasteiger partial charge in [0.2, 0.25) is 0 Å². The first kappa shape index (κ1) is 13.0. The largest absolute Gasteiger partial charge is 0.494 e. The minimum Gasteiger partial charge on any atom is -0.494 e. The van der Waals surface area contributed by atoms with Gasteiger partial charge in [0.05, 0.1) is 13.0 Å². The van der Waals surface area contributed by atoms with Crippen LogP contribution >= 0.6 is 15.9 Å². The smallest absolute Gasteiger partial charge is 0.307 e. The molecule has 0 atom stereocenters. The molecule has 0 saturated carbocycles. The molecule has 0 aromatic heterocycles. The fraction of sp³-hybridized carbons (Fsp3) is 0.417. The van der Waals surface area contributed by atoms with Crippen LogP contribution in [0.2, 0.25) is 0 Å². The first-order chi connectivity index (χ1) is 7.72. The summed E-state index contributed by atoms with van der Waals surface area (Å²) in [5.74, 6) is -0.0789. The summed E-state index contributed by atoms with van der Waals surface area (Å²) < 4.78 is 5.52. The van der Waals surface area contributed by atoms with Crippen LogP contribution in [0.5, 0.6) is 5.75 Å². The lowest BCUT2D eigenvalue weighted by atomic mass is 10.1. The third-order valence-corrected chi connectivity index (χ3v) is 2.61. The Morgan fingerprint density at radius 1 is 1.38 bits per heavy atom. The number of aliphatic carboxylic acids is 1. The summed E-state index contributed by atoms with van der Waals surface area (Å²) in [5.41, 5.74) is 0.769. The van der Waals surface area contributed by atoms with Gasteiger partial charge in [0.15, 0.2) is 0 Å². The van der Waals surface area contributed by atoms with Crippen molar-refractivity contribution >= 4 is 21.9 Å². The van der Waals surface area contributed by atoms with E-state index in [-0.39, 0.29) is 6.42 Å². The molecule has 0 radical (unpaired) electrons. The molecule has 0 aliphatic heterocycles. The molecule has 0 unspecified atom stereocenters. The topological polar surface area (TPSA) is 46.5 Å². The summed E-state index contributed by atoms with van der Waals surface area (Å²) in [7, 11) is 0. The van der Waals surface area contributed by atoms with Crippen LogP contribution in [-0.2, 0) is 11.2 Å². The van der Waals surface area contributed by atoms with Crippen LogP contribution in [-0.4, -0.2) is 23.0 Å². The standard InChI is InChI=1S/C12H15BrO3/c13-6-1-2-7-16-11-5-3-4-10(8-11)9-12(14)15/h3-5,8H,1-2,6-7,9H2,(H,14,15). The minimum absolute atomic E-state index is 0.0403. The van der Waals surface area contributed by atoms with Gasteiger partial charge in [-0.15, -0.1) is 0 Å². The lowest BCUT2D eigenvalue weighted by Crippen LogP contribution is -2.01. The molecule has 0 amide bonds. The van der Waals surface area contributed by atoms with E-state index in [1.54, 1.807) is 12.1 Å². The van der Waals surface area contributed by atoms with Crippen LogP contribution in [0.25, 0.3) is 0 Å². The Kier molecular flexibility index (Phi) is 5.93. The molecule has 1 N–H and O–H groups in total. The van der Waals surface area contributed by atoms with E-state index in [4.69, 9.17) is 9.84 Å². The average Bonchev–Trinajstić information content (AvgIpc) is 2.24. The van der Waals surface area contributed by atoms with Gasteiger partial charge in [-0.1, -0.05) is 28.1 Å². The second-order valence-corrected chi connectivity index (χ2v) is 4.26. The number of carbonyl (C=O) groups is 1. The third-order valence-electron chi connectivity index (χ3n) is 2.05. The Labute approximate surface area is 104 Å². The lowest BCUT2D eigenvalue weighted by Gasteiger charge is -2.06. The van der Waals surface area contributed by atoms with Crippen molar-refractivity contribution < 1.29 is 14.6 Å². The highest BCUT2D eigenvalue weighted by Gasteiger charge is 2.01. The van der Waals surface area contributed by atoms with E-state index in [0.29, 0.717) is 6.61 Å². The van der Waals surface area contributed by atoms with Crippen molar-refractivity contribution in [3.8, 4) is 5.75 Å². The van der Waals surface area contributed by atoms with E-state index in [9.17, 15) is 4.79 Å². The lowest BCUT2D eigenvalue weighted by molar-refractivity contribution is -0.136. The zero-order chi connectivity index (χ0) is 11.8. The zero-order valence-corrected chi connectivity index (χ0v) is 10.6. The Bertz CT molecular complexity index is 339. The molecular weight excluding hydrogens is 272 g/mol. The number of carboxylic acids is 1. The number of ether oxygens (including phenoxy) is 1. The van der Waals surface area contributed by atoms with E-state index in [2.05, 4.69) is 15.9 Å². The van der Waals surface area contributed by atoms with Gasteiger partial charge in [-0.25, -0.2) is 0 Å². The van der Waals surface area contributed by atoms with E-state index < -0.39 is 5.97 Å². The Morgan fingerprint density at radius 2 is 2.19 bits per heavy atom. The van der Waals surface area contributed by atoms with Crippen molar-refractivity contribution in [1.82, 2.24) is 0 Å². The first-order valence-corrected chi connectivity index (χ1v) is 6.34. The van der Waals surface area contributed by atoms with Gasteiger partial charge in [-0.3, -0.25) is 4.79 Å². The van der Waals surface area contributed by atoms with E-state index in [1.165, 1.54) is 0 Å². The van der Waals surface area contributed by atoms with Crippen molar-refractivity contribution in [2.75, 3.05) is 11.9 Å². The van der Waals surface area contributed by atoms with Crippen LogP contribution in [0.15, 0.2) is 24.3 Å². The van der Waals surface area contributed by atoms with Crippen LogP contribution in [0.4, 0.5) is 0 Å². The van der Waals surface area contributed by atoms with Gasteiger partial charge in [-0.2, -0.15) is 0 Å². The maximum atomic E-state index is 10.5. The fourth-order valence-electron chi connectivity index (χ4n) is 1.31. The van der Waals surface area contributed by atoms with Gasteiger partial charge in [-0.05, 0) is 30.5 Å². The molecule has 0 bridgehead atoms. The molecule has 0 spiro atoms. The molecule has 3 nitrogen and oxygen atoms in total. The van der Waals surface area contributed by atoms with Crippen molar-refractivity contribution in [2.45, 2.75) is 19.3 Å². The number of unbranched alkanes of at least 4 members (excludes halogenated alkanes) is 1. The normalized spacial score (nSPS) is 10.1. The number of hydrogen-bond acceptors (Lipinski definition) is 2. The summed E-state index contributed by atoms with van der Waals surface area (Å²) in [6.07, 6.45) is 2.11. The molecule has 0 heterocycles. The van der Waals surface area contributed by atoms with E-state index >= 15 is 0 Å². The monoisotopic (exact) mass is 286 g/mol. The Morgan fingerprint density at radius 3 is 2.88 bits per heavy atom. The summed E-state index contributed by atoms with van der Waals surface area (Å²) >= 11 is 3.35. The number of rotatable bonds is 7. The molecule has 1 aromatic rings. The van der Waals surface area contributed by atoms with Crippen molar-refractivity contribution in [3.63, 3.8) is 0 Å². The van der Waals surface area contributed by atoms with Gasteiger partial charge < -0.3 is 9.84 Å². The van der Waals surface area contributed by atoms with Gasteiger partial charge in [0.25, 0.3) is 0 Å². The predicted molar refractivity (Wildman–Crippen MR) is 66.3 cm³/mol. The third kappa shape index (κ3) is 5.16. The van der Waals surface area contributed by atoms with E-state index in [1.807, 2.05) is 12.1 Å². The molecule has 0 aliphatic carbocycles. The van der Waals surface area contributed by atoms with Crippen LogP contribution in [0.1, 0.15) is 18.4 Å². The van der Waals surface area contributed by atoms with Crippen LogP contribution in [0, 0.1) is 0 Å². The number of hydrogen-bond donors (Lipinski definition) is 1. The summed E-state index contributed by atoms with van der Waals surface area (Å²) in [6, 6.07) is 7.24. The number of alkyl halides is 1. The van der Waals surface area contributed by atoms with Crippen molar-refractivity contribution in [1.29, 1.82) is 0 Å². The molecule has 0 saturated heterocycles. The minimum atomic E-state index is -0.823. The maximum absolute atomic E-state index is 10.5. The zero-order valence-electron chi connectivity index (χ0n) is 8.99. The highest BCUT2D eigenvalue weighted by Crippen LogP contribution is 2.14. The highest BCUT2D eigenvalue weighted by atomic mass is 79.9. The number of benzene rings is 1. The predicted octanol–water partition coefficient (Wildman–Crippen LogP) is 2.87. The quantitative estimate of drug-likeness (QED) is 0.619. The molecular formula is C12H15BrO3. The second-order valence-electron chi connectivity index (χ2n) is 3.46. The molecule has 16 heavy (non-hydrogen) atoms. The van der Waals surface area contributed by atoms with Crippen LogP contribution < -0.4 is 4.74 Å². The molecule has 1 rings (SSSR count). The van der Waals surface area contributed by atoms with Crippen molar-refractivity contribution in [2.24, 2.45) is 0 Å². The van der Waals surface area contributed by atoms with Crippen LogP contribution in [0.3, 0.4) is 0 Å². The molecule has 4 heteroatoms. The molecule has 0 aliphatic rings. The summed E-state index contributed by atoms with van der Waals surface area (Å²) in [5, 5.41) is 9.64.